The molecule has 13 heteroatoms. The zero-order valence-electron chi connectivity index (χ0n) is 30.3. The molecule has 3 aromatic rings. The van der Waals surface area contributed by atoms with Crippen LogP contribution < -0.4 is 10.1 Å². The summed E-state index contributed by atoms with van der Waals surface area (Å²) in [5.41, 5.74) is 2.54. The van der Waals surface area contributed by atoms with E-state index in [1.807, 2.05) is 62.9 Å². The second-order valence-corrected chi connectivity index (χ2v) is 15.5. The number of carbonyl (C=O) groups is 1. The average Bonchev–Trinajstić information content (AvgIpc) is 3.47. The van der Waals surface area contributed by atoms with Crippen molar-refractivity contribution in [1.29, 1.82) is 0 Å². The normalized spacial score (nSPS) is 15.2. The van der Waals surface area contributed by atoms with Crippen molar-refractivity contribution in [3.63, 3.8) is 0 Å². The van der Waals surface area contributed by atoms with Gasteiger partial charge in [0, 0.05) is 61.5 Å². The number of ether oxygens (including phenoxy) is 3. The van der Waals surface area contributed by atoms with Gasteiger partial charge in [0.05, 0.1) is 23.9 Å². The highest BCUT2D eigenvalue weighted by atomic mass is 28.2. The minimum Gasteiger partial charge on any atom is -0.493 e. The zero-order valence-corrected chi connectivity index (χ0v) is 32.3. The number of hydrogen-bond acceptors (Lipinski definition) is 9. The second-order valence-electron chi connectivity index (χ2n) is 14.2. The molecule has 262 valence electrons. The van der Waals surface area contributed by atoms with Crippen LogP contribution in [0.15, 0.2) is 36.5 Å². The Morgan fingerprint density at radius 3 is 2.42 bits per heavy atom. The molecule has 1 amide bonds. The van der Waals surface area contributed by atoms with E-state index in [0.29, 0.717) is 24.9 Å². The SMILES string of the molecule is C[Si]OC(O[Si]C)C(C)(C)C(COc1cccc(-c2cc(NC3CCOCC3)c3cnn(C(C)C)c3n2)c1)CN(C)C(=O)OC(C)(C)C. The molecule has 1 aliphatic heterocycles. The van der Waals surface area contributed by atoms with Crippen LogP contribution in [0.5, 0.6) is 5.75 Å². The maximum Gasteiger partial charge on any atom is 0.410 e. The Labute approximate surface area is 291 Å². The lowest BCUT2D eigenvalue weighted by Gasteiger charge is -2.41. The molecule has 1 N–H and O–H groups in total. The van der Waals surface area contributed by atoms with Gasteiger partial charge in [-0.15, -0.1) is 0 Å². The van der Waals surface area contributed by atoms with Gasteiger partial charge in [0.25, 0.3) is 0 Å². The lowest BCUT2D eigenvalue weighted by molar-refractivity contribution is -0.115. The summed E-state index contributed by atoms with van der Waals surface area (Å²) in [5.74, 6) is 0.557. The number of anilines is 1. The van der Waals surface area contributed by atoms with Crippen molar-refractivity contribution in [1.82, 2.24) is 19.7 Å². The first-order valence-electron chi connectivity index (χ1n) is 16.8. The summed E-state index contributed by atoms with van der Waals surface area (Å²) < 4.78 is 31.9. The number of rotatable bonds is 15. The maximum absolute atomic E-state index is 13.0. The van der Waals surface area contributed by atoms with Crippen molar-refractivity contribution >= 4 is 42.3 Å². The fourth-order valence-corrected chi connectivity index (χ4v) is 6.88. The first-order valence-corrected chi connectivity index (χ1v) is 19.6. The molecule has 1 aliphatic rings. The Bertz CT molecular complexity index is 1480. The Morgan fingerprint density at radius 2 is 1.79 bits per heavy atom. The fraction of sp³-hybridized carbons (Fsp3) is 0.629. The summed E-state index contributed by atoms with van der Waals surface area (Å²) in [6, 6.07) is 10.6. The van der Waals surface area contributed by atoms with Crippen LogP contribution in [0.1, 0.15) is 67.3 Å². The Kier molecular flexibility index (Phi) is 13.1. The van der Waals surface area contributed by atoms with Crippen LogP contribution in [0.2, 0.25) is 13.1 Å². The number of carbonyl (C=O) groups excluding carboxylic acids is 1. The molecule has 0 bridgehead atoms. The molecule has 1 atom stereocenters. The topological polar surface area (TPSA) is 109 Å². The number of amides is 1. The number of nitrogens with one attached hydrogen (secondary N) is 1. The van der Waals surface area contributed by atoms with Crippen molar-refractivity contribution in [2.24, 2.45) is 11.3 Å². The van der Waals surface area contributed by atoms with Gasteiger partial charge in [-0.2, -0.15) is 5.10 Å². The third-order valence-corrected chi connectivity index (χ3v) is 9.43. The summed E-state index contributed by atoms with van der Waals surface area (Å²) in [6.07, 6.45) is 2.97. The van der Waals surface area contributed by atoms with E-state index in [1.165, 1.54) is 0 Å². The molecule has 0 aliphatic carbocycles. The zero-order chi connectivity index (χ0) is 35.1. The molecule has 2 aromatic heterocycles. The third-order valence-electron chi connectivity index (χ3n) is 8.53. The van der Waals surface area contributed by atoms with Crippen molar-refractivity contribution in [3.05, 3.63) is 36.5 Å². The summed E-state index contributed by atoms with van der Waals surface area (Å²) >= 11 is 0. The van der Waals surface area contributed by atoms with Gasteiger partial charge in [0.2, 0.25) is 19.5 Å². The van der Waals surface area contributed by atoms with Gasteiger partial charge in [-0.1, -0.05) is 26.0 Å². The van der Waals surface area contributed by atoms with Crippen LogP contribution in [0.3, 0.4) is 0 Å². The van der Waals surface area contributed by atoms with E-state index in [2.05, 4.69) is 50.2 Å². The van der Waals surface area contributed by atoms with Crippen LogP contribution in [-0.2, 0) is 18.3 Å². The highest BCUT2D eigenvalue weighted by Crippen LogP contribution is 2.36. The Morgan fingerprint density at radius 1 is 1.10 bits per heavy atom. The molecular weight excluding hydrogens is 643 g/mol. The van der Waals surface area contributed by atoms with Crippen LogP contribution >= 0.6 is 0 Å². The molecule has 1 saturated heterocycles. The van der Waals surface area contributed by atoms with Gasteiger partial charge < -0.3 is 33.3 Å². The molecule has 1 aromatic carbocycles. The van der Waals surface area contributed by atoms with Crippen LogP contribution in [0.4, 0.5) is 10.5 Å². The number of nitrogens with zero attached hydrogens (tertiary/aromatic N) is 4. The minimum absolute atomic E-state index is 0.151. The van der Waals surface area contributed by atoms with Gasteiger partial charge in [0.1, 0.15) is 17.6 Å². The molecule has 3 heterocycles. The second kappa shape index (κ2) is 16.6. The van der Waals surface area contributed by atoms with Gasteiger partial charge >= 0.3 is 6.09 Å². The Balaban J connectivity index is 1.63. The molecule has 1 fully saturated rings. The van der Waals surface area contributed by atoms with Crippen LogP contribution in [0, 0.1) is 11.3 Å². The van der Waals surface area contributed by atoms with E-state index in [1.54, 1.807) is 11.9 Å². The molecule has 0 spiro atoms. The number of aromatic nitrogens is 3. The maximum atomic E-state index is 13.0. The number of fused-ring (bicyclic) bond motifs is 1. The molecule has 0 saturated carbocycles. The fourth-order valence-electron chi connectivity index (χ4n) is 5.65. The molecule has 11 nitrogen and oxygen atoms in total. The van der Waals surface area contributed by atoms with E-state index < -0.39 is 17.3 Å². The average molecular weight is 696 g/mol. The molecule has 48 heavy (non-hydrogen) atoms. The number of benzene rings is 1. The lowest BCUT2D eigenvalue weighted by atomic mass is 9.78. The number of hydrogen-bond donors (Lipinski definition) is 1. The smallest absolute Gasteiger partial charge is 0.410 e. The minimum atomic E-state index is -0.598. The van der Waals surface area contributed by atoms with E-state index >= 15 is 0 Å². The summed E-state index contributed by atoms with van der Waals surface area (Å²) in [6.45, 7) is 20.2. The quantitative estimate of drug-likeness (QED) is 0.135. The van der Waals surface area contributed by atoms with Crippen LogP contribution in [0.25, 0.3) is 22.3 Å². The highest BCUT2D eigenvalue weighted by Gasteiger charge is 2.40. The molecule has 4 radical (unpaired) electrons. The van der Waals surface area contributed by atoms with E-state index in [0.717, 1.165) is 54.0 Å². The van der Waals surface area contributed by atoms with Gasteiger partial charge in [-0.3, -0.25) is 0 Å². The largest absolute Gasteiger partial charge is 0.493 e. The predicted octanol–water partition coefficient (Wildman–Crippen LogP) is 6.85. The van der Waals surface area contributed by atoms with Crippen molar-refractivity contribution in [2.75, 3.05) is 38.7 Å². The van der Waals surface area contributed by atoms with Crippen molar-refractivity contribution < 1.29 is 27.9 Å². The van der Waals surface area contributed by atoms with Crippen LogP contribution in [-0.4, -0.2) is 96.6 Å². The van der Waals surface area contributed by atoms with E-state index in [4.69, 9.17) is 28.0 Å². The summed E-state index contributed by atoms with van der Waals surface area (Å²) in [7, 11) is 2.27. The van der Waals surface area contributed by atoms with Crippen molar-refractivity contribution in [2.45, 2.75) is 98.4 Å². The Hall–Kier alpha value is -2.98. The summed E-state index contributed by atoms with van der Waals surface area (Å²) in [4.78, 5) is 19.7. The van der Waals surface area contributed by atoms with Crippen molar-refractivity contribution in [3.8, 4) is 17.0 Å². The monoisotopic (exact) mass is 695 g/mol. The lowest BCUT2D eigenvalue weighted by Crippen LogP contribution is -2.49. The molecule has 1 unspecified atom stereocenters. The third kappa shape index (κ3) is 9.81. The standard InChI is InChI=1S/C35H53N5O6Si2/c1-23(2)40-31-28(20-36-40)30(37-26-14-16-42-17-15-26)19-29(38-31)24-12-11-13-27(18-24)43-22-25(21-39(8)33(41)44-34(3,4)5)35(6,7)32(45-47-9)46-48-10/h11-13,18-20,23,25-26,32H,14-17,21-22H2,1-10H3,(H,37,38). The van der Waals surface area contributed by atoms with E-state index in [9.17, 15) is 4.79 Å². The number of pyridine rings is 1. The molecule has 4 rings (SSSR count). The summed E-state index contributed by atoms with van der Waals surface area (Å²) in [5, 5.41) is 9.44. The van der Waals surface area contributed by atoms with Gasteiger partial charge in [-0.25, -0.2) is 14.5 Å². The van der Waals surface area contributed by atoms with E-state index in [-0.39, 0.29) is 37.6 Å². The van der Waals surface area contributed by atoms with Gasteiger partial charge in [0.15, 0.2) is 5.65 Å². The van der Waals surface area contributed by atoms with Gasteiger partial charge in [-0.05, 0) is 78.8 Å². The molecular formula is C35H53N5O6Si2. The first kappa shape index (κ1) is 37.8. The predicted molar refractivity (Wildman–Crippen MR) is 192 cm³/mol. The highest BCUT2D eigenvalue weighted by molar-refractivity contribution is 6.26. The first-order chi connectivity index (χ1) is 22.7.